The Morgan fingerprint density at radius 3 is 1.54 bits per heavy atom. The lowest BCUT2D eigenvalue weighted by Crippen LogP contribution is -2.54. The van der Waals surface area contributed by atoms with Gasteiger partial charge in [0.15, 0.2) is 52.3 Å². The third-order valence-electron chi connectivity index (χ3n) is 4.87. The van der Waals surface area contributed by atoms with Gasteiger partial charge in [-0.25, -0.2) is 30.7 Å². The quantitative estimate of drug-likeness (QED) is 0.261. The van der Waals surface area contributed by atoms with Crippen LogP contribution >= 0.6 is 0 Å². The van der Waals surface area contributed by atoms with Gasteiger partial charge in [0.1, 0.15) is 22.9 Å². The number of anilines is 2. The van der Waals surface area contributed by atoms with E-state index in [9.17, 15) is 52.7 Å². The molecule has 0 saturated heterocycles. The zero-order valence-corrected chi connectivity index (χ0v) is 17.3. The van der Waals surface area contributed by atoms with Crippen LogP contribution in [0.4, 0.5) is 68.5 Å². The highest BCUT2D eigenvalue weighted by Crippen LogP contribution is 2.53. The van der Waals surface area contributed by atoms with Crippen LogP contribution in [-0.4, -0.2) is 18.0 Å². The fraction of sp³-hybridized carbons (Fsp3) is 0.200. The maximum atomic E-state index is 15.2. The first kappa shape index (κ1) is 27.8. The van der Waals surface area contributed by atoms with Crippen LogP contribution in [0.5, 0.6) is 11.5 Å². The molecule has 202 valence electrons. The molecule has 0 fully saturated rings. The molecule has 0 saturated carbocycles. The molecule has 0 amide bonds. The Morgan fingerprint density at radius 1 is 0.703 bits per heavy atom. The van der Waals surface area contributed by atoms with E-state index in [0.29, 0.717) is 0 Å². The Kier molecular flexibility index (Phi) is 6.72. The SMILES string of the molecule is Nc1c(F)c(F)cc(OC2=CC(F)(C(F)(F)F)C(C(F)(F)F)C(Oc3cc(F)c(F)c(N)c3F)=C2)c1F. The Morgan fingerprint density at radius 2 is 1.14 bits per heavy atom. The molecule has 1 aliphatic rings. The van der Waals surface area contributed by atoms with E-state index in [4.69, 9.17) is 11.5 Å². The highest BCUT2D eigenvalue weighted by molar-refractivity contribution is 5.51. The molecule has 2 unspecified atom stereocenters. The molecule has 0 heterocycles. The molecule has 2 aromatic carbocycles. The van der Waals surface area contributed by atoms with E-state index in [0.717, 1.165) is 0 Å². The lowest BCUT2D eigenvalue weighted by molar-refractivity contribution is -0.281. The monoisotopic (exact) mass is 556 g/mol. The van der Waals surface area contributed by atoms with Gasteiger partial charge in [-0.3, -0.25) is 0 Å². The van der Waals surface area contributed by atoms with E-state index in [-0.39, 0.29) is 18.2 Å². The molecule has 0 spiro atoms. The summed E-state index contributed by atoms with van der Waals surface area (Å²) < 4.78 is 188. The van der Waals surface area contributed by atoms with E-state index in [1.54, 1.807) is 0 Å². The smallest absolute Gasteiger partial charge is 0.427 e. The van der Waals surface area contributed by atoms with Crippen LogP contribution in [0.3, 0.4) is 0 Å². The van der Waals surface area contributed by atoms with E-state index >= 15 is 4.39 Å². The van der Waals surface area contributed by atoms with Gasteiger partial charge >= 0.3 is 12.4 Å². The van der Waals surface area contributed by atoms with Gasteiger partial charge in [-0.2, -0.15) is 26.3 Å². The Bertz CT molecular complexity index is 1320. The van der Waals surface area contributed by atoms with Crippen molar-refractivity contribution in [3.05, 3.63) is 70.7 Å². The Labute approximate surface area is 196 Å². The molecule has 0 bridgehead atoms. The van der Waals surface area contributed by atoms with Gasteiger partial charge in [-0.1, -0.05) is 0 Å². The first-order valence-electron chi connectivity index (χ1n) is 9.28. The molecular weight excluding hydrogens is 547 g/mol. The van der Waals surface area contributed by atoms with Crippen molar-refractivity contribution in [3.63, 3.8) is 0 Å². The van der Waals surface area contributed by atoms with Crippen molar-refractivity contribution in [2.24, 2.45) is 5.92 Å². The van der Waals surface area contributed by atoms with E-state index in [1.165, 1.54) is 0 Å². The highest BCUT2D eigenvalue weighted by Gasteiger charge is 2.70. The Balaban J connectivity index is 2.24. The maximum Gasteiger partial charge on any atom is 0.427 e. The number of hydrogen-bond donors (Lipinski definition) is 2. The van der Waals surface area contributed by atoms with Gasteiger partial charge in [0.05, 0.1) is 0 Å². The summed E-state index contributed by atoms with van der Waals surface area (Å²) in [5, 5.41) is 0. The molecule has 0 aliphatic heterocycles. The average Bonchev–Trinajstić information content (AvgIpc) is 2.76. The minimum Gasteiger partial charge on any atom is -0.458 e. The van der Waals surface area contributed by atoms with E-state index in [1.807, 2.05) is 0 Å². The number of alkyl halides is 7. The fourth-order valence-corrected chi connectivity index (χ4v) is 3.16. The Hall–Kier alpha value is -3.79. The van der Waals surface area contributed by atoms with Crippen molar-refractivity contribution < 1.29 is 66.5 Å². The van der Waals surface area contributed by atoms with Gasteiger partial charge in [-0.15, -0.1) is 0 Å². The largest absolute Gasteiger partial charge is 0.458 e. The van der Waals surface area contributed by atoms with Crippen LogP contribution in [0.1, 0.15) is 0 Å². The summed E-state index contributed by atoms with van der Waals surface area (Å²) in [6.45, 7) is 0. The first-order chi connectivity index (χ1) is 16.8. The molecule has 37 heavy (non-hydrogen) atoms. The van der Waals surface area contributed by atoms with Crippen LogP contribution in [0, 0.1) is 40.8 Å². The second kappa shape index (κ2) is 8.95. The van der Waals surface area contributed by atoms with Crippen molar-refractivity contribution in [2.45, 2.75) is 18.0 Å². The number of ether oxygens (including phenoxy) is 2. The van der Waals surface area contributed by atoms with Gasteiger partial charge in [0.25, 0.3) is 0 Å². The molecule has 4 N–H and O–H groups in total. The first-order valence-corrected chi connectivity index (χ1v) is 9.28. The van der Waals surface area contributed by atoms with E-state index < -0.39 is 99.3 Å². The summed E-state index contributed by atoms with van der Waals surface area (Å²) in [6, 6.07) is -0.354. The van der Waals surface area contributed by atoms with Crippen molar-refractivity contribution >= 4 is 11.4 Å². The van der Waals surface area contributed by atoms with Crippen LogP contribution in [-0.2, 0) is 0 Å². The zero-order valence-electron chi connectivity index (χ0n) is 17.3. The zero-order chi connectivity index (χ0) is 28.2. The predicted octanol–water partition coefficient (Wildman–Crippen LogP) is 6.37. The van der Waals surface area contributed by atoms with E-state index in [2.05, 4.69) is 9.47 Å². The second-order valence-corrected chi connectivity index (χ2v) is 7.33. The molecule has 3 rings (SSSR count). The topological polar surface area (TPSA) is 70.5 Å². The van der Waals surface area contributed by atoms with Gasteiger partial charge < -0.3 is 20.9 Å². The maximum absolute atomic E-state index is 15.2. The molecule has 1 aliphatic carbocycles. The minimum atomic E-state index is -6.41. The number of halogens is 13. The minimum absolute atomic E-state index is 0.116. The van der Waals surface area contributed by atoms with Crippen LogP contribution in [0.15, 0.2) is 35.8 Å². The van der Waals surface area contributed by atoms with Crippen LogP contribution in [0.2, 0.25) is 0 Å². The summed E-state index contributed by atoms with van der Waals surface area (Å²) >= 11 is 0. The number of nitrogen functional groups attached to an aromatic ring is 2. The van der Waals surface area contributed by atoms with Crippen LogP contribution < -0.4 is 20.9 Å². The number of nitrogens with two attached hydrogens (primary N) is 2. The lowest BCUT2D eigenvalue weighted by atomic mass is 9.82. The molecule has 2 atom stereocenters. The molecule has 17 heteroatoms. The van der Waals surface area contributed by atoms with Gasteiger partial charge in [0, 0.05) is 24.3 Å². The lowest BCUT2D eigenvalue weighted by Gasteiger charge is -2.37. The van der Waals surface area contributed by atoms with Crippen LogP contribution in [0.25, 0.3) is 0 Å². The molecule has 0 radical (unpaired) electrons. The van der Waals surface area contributed by atoms with Gasteiger partial charge in [0.2, 0.25) is 5.67 Å². The number of rotatable bonds is 4. The normalized spacial score (nSPS) is 20.4. The van der Waals surface area contributed by atoms with Crippen molar-refractivity contribution in [1.29, 1.82) is 0 Å². The average molecular weight is 556 g/mol. The molecule has 2 aromatic rings. The molecular formula is C20H9F13N2O2. The van der Waals surface area contributed by atoms with Crippen molar-refractivity contribution in [3.8, 4) is 11.5 Å². The number of benzene rings is 2. The van der Waals surface area contributed by atoms with Crippen molar-refractivity contribution in [1.82, 2.24) is 0 Å². The van der Waals surface area contributed by atoms with Gasteiger partial charge in [-0.05, 0) is 0 Å². The summed E-state index contributed by atoms with van der Waals surface area (Å²) in [5.41, 5.74) is 1.15. The summed E-state index contributed by atoms with van der Waals surface area (Å²) in [7, 11) is 0. The fourth-order valence-electron chi connectivity index (χ4n) is 3.16. The third-order valence-corrected chi connectivity index (χ3v) is 4.87. The summed E-state index contributed by atoms with van der Waals surface area (Å²) in [5.74, 6) is -23.2. The van der Waals surface area contributed by atoms with Crippen molar-refractivity contribution in [2.75, 3.05) is 11.5 Å². The molecule has 4 nitrogen and oxygen atoms in total. The standard InChI is InChI=1S/C20H9F13N2O2/c21-6-2-8(13(25)15(34)11(6)23)36-5-1-10(37-9-3-7(22)12(24)16(35)14(9)26)17(19(28,29)30)18(27,4-5)20(31,32)33/h1-4,17H,34-35H2. The third kappa shape index (κ3) is 4.81. The number of hydrogen-bond acceptors (Lipinski definition) is 4. The summed E-state index contributed by atoms with van der Waals surface area (Å²) in [4.78, 5) is 0. The number of allylic oxidation sites excluding steroid dienone is 3. The predicted molar refractivity (Wildman–Crippen MR) is 98.3 cm³/mol. The highest BCUT2D eigenvalue weighted by atomic mass is 19.4. The summed E-state index contributed by atoms with van der Waals surface area (Å²) in [6.07, 6.45) is -13.5. The second-order valence-electron chi connectivity index (χ2n) is 7.33. The molecule has 0 aromatic heterocycles.